The zero-order chi connectivity index (χ0) is 18.9. The third-order valence-corrected chi connectivity index (χ3v) is 3.77. The van der Waals surface area contributed by atoms with E-state index in [-0.39, 0.29) is 31.4 Å². The van der Waals surface area contributed by atoms with Crippen molar-refractivity contribution in [3.63, 3.8) is 0 Å². The van der Waals surface area contributed by atoms with Crippen LogP contribution in [0.4, 0.5) is 10.1 Å². The fourth-order valence-electron chi connectivity index (χ4n) is 2.46. The quantitative estimate of drug-likeness (QED) is 0.716. The van der Waals surface area contributed by atoms with Gasteiger partial charge in [-0.3, -0.25) is 9.59 Å². The molecule has 2 aromatic rings. The van der Waals surface area contributed by atoms with Gasteiger partial charge in [-0.2, -0.15) is 0 Å². The summed E-state index contributed by atoms with van der Waals surface area (Å²) < 4.78 is 18.6. The zero-order valence-electron chi connectivity index (χ0n) is 14.4. The van der Waals surface area contributed by atoms with Crippen molar-refractivity contribution < 1.29 is 23.8 Å². The van der Waals surface area contributed by atoms with Gasteiger partial charge in [0, 0.05) is 12.2 Å². The molecule has 7 heteroatoms. The lowest BCUT2D eigenvalue weighted by Gasteiger charge is -2.22. The third-order valence-electron chi connectivity index (χ3n) is 3.77. The molecular formula is C19H21FN2O4. The maximum absolute atomic E-state index is 13.6. The first-order chi connectivity index (χ1) is 12.5. The van der Waals surface area contributed by atoms with E-state index in [2.05, 4.69) is 5.32 Å². The highest BCUT2D eigenvalue weighted by Crippen LogP contribution is 2.19. The van der Waals surface area contributed by atoms with Crippen molar-refractivity contribution in [2.75, 3.05) is 31.6 Å². The van der Waals surface area contributed by atoms with E-state index < -0.39 is 5.97 Å². The second-order valence-electron chi connectivity index (χ2n) is 5.64. The van der Waals surface area contributed by atoms with Crippen LogP contribution in [-0.2, 0) is 16.0 Å². The van der Waals surface area contributed by atoms with E-state index in [1.165, 1.54) is 18.1 Å². The second-order valence-corrected chi connectivity index (χ2v) is 5.64. The van der Waals surface area contributed by atoms with Crippen LogP contribution >= 0.6 is 0 Å². The van der Waals surface area contributed by atoms with Gasteiger partial charge in [-0.25, -0.2) is 4.39 Å². The van der Waals surface area contributed by atoms with E-state index in [4.69, 9.17) is 9.84 Å². The molecule has 0 heterocycles. The Balaban J connectivity index is 1.93. The highest BCUT2D eigenvalue weighted by atomic mass is 19.1. The molecule has 0 aliphatic rings. The molecule has 2 rings (SSSR count). The molecule has 0 fully saturated rings. The van der Waals surface area contributed by atoms with Crippen LogP contribution < -0.4 is 15.0 Å². The van der Waals surface area contributed by atoms with Gasteiger partial charge in [-0.1, -0.05) is 18.2 Å². The molecule has 0 unspecified atom stereocenters. The lowest BCUT2D eigenvalue weighted by Crippen LogP contribution is -2.40. The Morgan fingerprint density at radius 1 is 1.12 bits per heavy atom. The SMILES string of the molecule is COc1ccc(N(CC(=O)O)CC(=O)NCCc2ccccc2F)cc1. The molecule has 26 heavy (non-hydrogen) atoms. The molecule has 0 radical (unpaired) electrons. The number of carbonyl (C=O) groups excluding carboxylic acids is 1. The summed E-state index contributed by atoms with van der Waals surface area (Å²) in [5, 5.41) is 11.8. The standard InChI is InChI=1S/C19H21FN2O4/c1-26-16-8-6-15(7-9-16)22(13-19(24)25)12-18(23)21-11-10-14-4-2-3-5-17(14)20/h2-9H,10-13H2,1H3,(H,21,23)(H,24,25). The predicted molar refractivity (Wildman–Crippen MR) is 96.0 cm³/mol. The van der Waals surface area contributed by atoms with Crippen LogP contribution in [0.25, 0.3) is 0 Å². The topological polar surface area (TPSA) is 78.9 Å². The highest BCUT2D eigenvalue weighted by Gasteiger charge is 2.15. The number of rotatable bonds is 9. The smallest absolute Gasteiger partial charge is 0.323 e. The van der Waals surface area contributed by atoms with Gasteiger partial charge in [0.15, 0.2) is 0 Å². The van der Waals surface area contributed by atoms with Gasteiger partial charge < -0.3 is 20.1 Å². The van der Waals surface area contributed by atoms with Gasteiger partial charge in [0.05, 0.1) is 13.7 Å². The molecule has 0 aliphatic carbocycles. The van der Waals surface area contributed by atoms with Gasteiger partial charge in [0.25, 0.3) is 0 Å². The first-order valence-corrected chi connectivity index (χ1v) is 8.10. The van der Waals surface area contributed by atoms with Crippen LogP contribution in [0.5, 0.6) is 5.75 Å². The van der Waals surface area contributed by atoms with E-state index in [0.717, 1.165) is 0 Å². The van der Waals surface area contributed by atoms with Crippen molar-refractivity contribution in [2.24, 2.45) is 0 Å². The molecule has 0 saturated carbocycles. The fraction of sp³-hybridized carbons (Fsp3) is 0.263. The van der Waals surface area contributed by atoms with E-state index in [0.29, 0.717) is 23.4 Å². The van der Waals surface area contributed by atoms with Crippen molar-refractivity contribution >= 4 is 17.6 Å². The van der Waals surface area contributed by atoms with Gasteiger partial charge in [-0.05, 0) is 42.3 Å². The van der Waals surface area contributed by atoms with Gasteiger partial charge in [0.2, 0.25) is 5.91 Å². The molecule has 1 amide bonds. The number of nitrogens with one attached hydrogen (secondary N) is 1. The number of aliphatic carboxylic acids is 1. The number of carboxylic acids is 1. The molecule has 0 saturated heterocycles. The molecular weight excluding hydrogens is 339 g/mol. The van der Waals surface area contributed by atoms with E-state index in [1.807, 2.05) is 0 Å². The Hall–Kier alpha value is -3.09. The van der Waals surface area contributed by atoms with Crippen LogP contribution in [0.1, 0.15) is 5.56 Å². The Labute approximate surface area is 151 Å². The fourth-order valence-corrected chi connectivity index (χ4v) is 2.46. The number of ether oxygens (including phenoxy) is 1. The first-order valence-electron chi connectivity index (χ1n) is 8.10. The summed E-state index contributed by atoms with van der Waals surface area (Å²) in [6, 6.07) is 13.1. The molecule has 6 nitrogen and oxygen atoms in total. The van der Waals surface area contributed by atoms with E-state index in [9.17, 15) is 14.0 Å². The zero-order valence-corrected chi connectivity index (χ0v) is 14.4. The van der Waals surface area contributed by atoms with Crippen LogP contribution in [0.2, 0.25) is 0 Å². The number of anilines is 1. The van der Waals surface area contributed by atoms with Crippen molar-refractivity contribution in [3.8, 4) is 5.75 Å². The number of carboxylic acid groups (broad SMARTS) is 1. The number of amides is 1. The molecule has 0 aliphatic heterocycles. The summed E-state index contributed by atoms with van der Waals surface area (Å²) in [7, 11) is 1.53. The van der Waals surface area contributed by atoms with Crippen LogP contribution in [0.15, 0.2) is 48.5 Å². The minimum absolute atomic E-state index is 0.115. The van der Waals surface area contributed by atoms with Crippen LogP contribution in [0.3, 0.4) is 0 Å². The molecule has 0 bridgehead atoms. The average molecular weight is 360 g/mol. The first kappa shape index (κ1) is 19.2. The Morgan fingerprint density at radius 2 is 1.81 bits per heavy atom. The van der Waals surface area contributed by atoms with Gasteiger partial charge in [0.1, 0.15) is 18.1 Å². The minimum Gasteiger partial charge on any atom is -0.497 e. The lowest BCUT2D eigenvalue weighted by atomic mass is 10.1. The number of methoxy groups -OCH3 is 1. The second kappa shape index (κ2) is 9.41. The van der Waals surface area contributed by atoms with Crippen molar-refractivity contribution in [1.82, 2.24) is 5.32 Å². The maximum Gasteiger partial charge on any atom is 0.323 e. The molecule has 138 valence electrons. The normalized spacial score (nSPS) is 10.2. The number of carbonyl (C=O) groups is 2. The summed E-state index contributed by atoms with van der Waals surface area (Å²) in [6.45, 7) is -0.160. The molecule has 0 spiro atoms. The van der Waals surface area contributed by atoms with Crippen molar-refractivity contribution in [2.45, 2.75) is 6.42 Å². The van der Waals surface area contributed by atoms with E-state index >= 15 is 0 Å². The largest absolute Gasteiger partial charge is 0.497 e. The molecule has 0 atom stereocenters. The van der Waals surface area contributed by atoms with E-state index in [1.54, 1.807) is 42.5 Å². The van der Waals surface area contributed by atoms with Gasteiger partial charge in [-0.15, -0.1) is 0 Å². The summed E-state index contributed by atoms with van der Waals surface area (Å²) in [4.78, 5) is 24.7. The number of nitrogens with zero attached hydrogens (tertiary/aromatic N) is 1. The number of hydrogen-bond acceptors (Lipinski definition) is 4. The Bertz CT molecular complexity index is 749. The third kappa shape index (κ3) is 5.77. The summed E-state index contributed by atoms with van der Waals surface area (Å²) in [5.74, 6) is -1.05. The maximum atomic E-state index is 13.6. The summed E-state index contributed by atoms with van der Waals surface area (Å²) in [5.41, 5.74) is 1.11. The Kier molecular flexibility index (Phi) is 6.96. The van der Waals surface area contributed by atoms with Crippen LogP contribution in [-0.4, -0.2) is 43.7 Å². The predicted octanol–water partition coefficient (Wildman–Crippen LogP) is 2.08. The molecule has 2 N–H and O–H groups in total. The number of halogens is 1. The van der Waals surface area contributed by atoms with Crippen molar-refractivity contribution in [1.29, 1.82) is 0 Å². The van der Waals surface area contributed by atoms with Crippen molar-refractivity contribution in [3.05, 3.63) is 59.9 Å². The number of hydrogen-bond donors (Lipinski definition) is 2. The summed E-state index contributed by atoms with van der Waals surface area (Å²) >= 11 is 0. The lowest BCUT2D eigenvalue weighted by molar-refractivity contribution is -0.135. The highest BCUT2D eigenvalue weighted by molar-refractivity contribution is 5.84. The van der Waals surface area contributed by atoms with Crippen LogP contribution in [0, 0.1) is 5.82 Å². The monoisotopic (exact) mass is 360 g/mol. The van der Waals surface area contributed by atoms with Gasteiger partial charge >= 0.3 is 5.97 Å². The average Bonchev–Trinajstić information content (AvgIpc) is 2.62. The number of benzene rings is 2. The summed E-state index contributed by atoms with van der Waals surface area (Å²) in [6.07, 6.45) is 0.361. The minimum atomic E-state index is -1.04. The molecule has 2 aromatic carbocycles. The Morgan fingerprint density at radius 3 is 2.42 bits per heavy atom. The molecule has 0 aromatic heterocycles.